The van der Waals surface area contributed by atoms with Crippen molar-refractivity contribution in [2.45, 2.75) is 0 Å². The third-order valence-electron chi connectivity index (χ3n) is 7.02. The smallest absolute Gasteiger partial charge is 0.337 e. The van der Waals surface area contributed by atoms with Gasteiger partial charge in [0.1, 0.15) is 0 Å². The molecule has 4 aromatic heterocycles. The molecule has 0 atom stereocenters. The molecule has 0 saturated heterocycles. The number of carboxylic acids is 2. The van der Waals surface area contributed by atoms with Gasteiger partial charge in [0.2, 0.25) is 0 Å². The number of aromatic carboxylic acids is 2. The van der Waals surface area contributed by atoms with Crippen molar-refractivity contribution in [2.75, 3.05) is 11.5 Å². The number of hydrogen-bond acceptors (Lipinski definition) is 10. The predicted octanol–water partition coefficient (Wildman–Crippen LogP) is -1.77. The number of carboxylic acid groups (broad SMARTS) is 2. The van der Waals surface area contributed by atoms with Crippen LogP contribution in [0, 0.1) is 0 Å². The standard InChI is InChI=1S/2C8H10N4O2.2C7H7NO2.2H2O/c2*1-10-4-9-6-5(10)7(13)12(3)8(14)11(6)2;2*8-6-4-2-1-3-5(6)7(9)10;;/h2*4H,1-3H3;2*1-4H,8H2,(H,9,10);2*1H2. The first-order valence-electron chi connectivity index (χ1n) is 13.8. The normalized spacial score (nSPS) is 9.88. The van der Waals surface area contributed by atoms with Crippen LogP contribution in [0.5, 0.6) is 0 Å². The Balaban J connectivity index is 0.000000333. The van der Waals surface area contributed by atoms with E-state index < -0.39 is 11.9 Å². The average Bonchev–Trinajstić information content (AvgIpc) is 3.64. The van der Waals surface area contributed by atoms with E-state index in [1.165, 1.54) is 48.0 Å². The van der Waals surface area contributed by atoms with E-state index in [2.05, 4.69) is 9.97 Å². The van der Waals surface area contributed by atoms with Crippen LogP contribution in [0.15, 0.2) is 80.4 Å². The lowest BCUT2D eigenvalue weighted by molar-refractivity contribution is 0.0687. The molecule has 6 rings (SSSR count). The van der Waals surface area contributed by atoms with Crippen molar-refractivity contribution in [1.82, 2.24) is 37.4 Å². The number of fused-ring (bicyclic) bond motifs is 2. The molecule has 0 unspecified atom stereocenters. The van der Waals surface area contributed by atoms with Gasteiger partial charge in [0.25, 0.3) is 11.1 Å². The lowest BCUT2D eigenvalue weighted by Gasteiger charge is -2.02. The van der Waals surface area contributed by atoms with Crippen molar-refractivity contribution in [1.29, 1.82) is 0 Å². The van der Waals surface area contributed by atoms with Crippen LogP contribution >= 0.6 is 0 Å². The van der Waals surface area contributed by atoms with Crippen LogP contribution in [-0.4, -0.2) is 70.5 Å². The van der Waals surface area contributed by atoms with Gasteiger partial charge in [-0.25, -0.2) is 29.1 Å². The number of rotatable bonds is 2. The fraction of sp³-hybridized carbons (Fsp3) is 0.200. The van der Waals surface area contributed by atoms with E-state index in [0.717, 1.165) is 9.13 Å². The maximum Gasteiger partial charge on any atom is 0.337 e. The summed E-state index contributed by atoms with van der Waals surface area (Å²) in [7, 11) is 9.55. The monoisotopic (exact) mass is 698 g/mol. The molecule has 2 aromatic carbocycles. The summed E-state index contributed by atoms with van der Waals surface area (Å²) in [5, 5.41) is 17.0. The lowest BCUT2D eigenvalue weighted by atomic mass is 10.2. The number of nitrogens with two attached hydrogens (primary N) is 2. The van der Waals surface area contributed by atoms with E-state index in [4.69, 9.17) is 21.7 Å². The minimum atomic E-state index is -0.988. The first-order valence-corrected chi connectivity index (χ1v) is 13.8. The number of anilines is 2. The molecule has 0 radical (unpaired) electrons. The Kier molecular flexibility index (Phi) is 13.9. The Bertz CT molecular complexity index is 2230. The van der Waals surface area contributed by atoms with E-state index in [1.807, 2.05) is 0 Å². The van der Waals surface area contributed by atoms with E-state index in [-0.39, 0.29) is 44.6 Å². The number of hydrogen-bond donors (Lipinski definition) is 4. The second kappa shape index (κ2) is 16.9. The molecule has 10 N–H and O–H groups in total. The van der Waals surface area contributed by atoms with Crippen molar-refractivity contribution in [3.63, 3.8) is 0 Å². The van der Waals surface area contributed by atoms with E-state index in [9.17, 15) is 28.8 Å². The van der Waals surface area contributed by atoms with Gasteiger partial charge in [0.05, 0.1) is 23.8 Å². The third kappa shape index (κ3) is 8.37. The number of aryl methyl sites for hydroxylation is 4. The zero-order valence-electron chi connectivity index (χ0n) is 27.8. The van der Waals surface area contributed by atoms with Crippen molar-refractivity contribution in [3.05, 3.63) is 114 Å². The highest BCUT2D eigenvalue weighted by atomic mass is 16.4. The molecule has 0 amide bonds. The Morgan fingerprint density at radius 2 is 0.860 bits per heavy atom. The van der Waals surface area contributed by atoms with Crippen LogP contribution in [-0.2, 0) is 42.3 Å². The van der Waals surface area contributed by atoms with Crippen molar-refractivity contribution in [3.8, 4) is 0 Å². The van der Waals surface area contributed by atoms with Gasteiger partial charge in [-0.2, -0.15) is 0 Å². The lowest BCUT2D eigenvalue weighted by Crippen LogP contribution is -2.37. The van der Waals surface area contributed by atoms with Crippen LogP contribution in [0.3, 0.4) is 0 Å². The molecule has 0 spiro atoms. The first kappa shape index (κ1) is 41.2. The Labute approximate surface area is 281 Å². The maximum atomic E-state index is 11.7. The second-order valence-corrected chi connectivity index (χ2v) is 10.3. The molecule has 0 fully saturated rings. The van der Waals surface area contributed by atoms with Crippen LogP contribution in [0.2, 0.25) is 0 Å². The Morgan fingerprint density at radius 1 is 0.560 bits per heavy atom. The number of aromatic nitrogens is 8. The number of nitrogens with zero attached hydrogens (tertiary/aromatic N) is 8. The summed E-state index contributed by atoms with van der Waals surface area (Å²) in [6, 6.07) is 12.7. The van der Waals surface area contributed by atoms with Crippen molar-refractivity contribution < 1.29 is 30.8 Å². The van der Waals surface area contributed by atoms with Crippen LogP contribution in [0.4, 0.5) is 11.4 Å². The fourth-order valence-electron chi connectivity index (χ4n) is 4.33. The Hall–Kier alpha value is -6.80. The molecule has 6 aromatic rings. The van der Waals surface area contributed by atoms with Crippen molar-refractivity contribution >= 4 is 45.6 Å². The van der Waals surface area contributed by atoms with Crippen LogP contribution in [0.1, 0.15) is 20.7 Å². The molecule has 4 heterocycles. The highest BCUT2D eigenvalue weighted by molar-refractivity contribution is 5.93. The molecular weight excluding hydrogens is 660 g/mol. The SMILES string of the molecule is Cn1c(=O)c2c(ncn2C)n(C)c1=O.Cn1c(=O)c2c(ncn2C)n(C)c1=O.Nc1ccccc1C(=O)O.Nc1ccccc1C(=O)O.O.O. The van der Waals surface area contributed by atoms with Gasteiger partial charge in [-0.1, -0.05) is 24.3 Å². The number of benzene rings is 2. The summed E-state index contributed by atoms with van der Waals surface area (Å²) in [5.74, 6) is -1.98. The summed E-state index contributed by atoms with van der Waals surface area (Å²) in [6.45, 7) is 0. The molecule has 0 aliphatic heterocycles. The molecule has 20 heteroatoms. The summed E-state index contributed by atoms with van der Waals surface area (Å²) in [6.07, 6.45) is 3.04. The number of imidazole rings is 2. The van der Waals surface area contributed by atoms with Gasteiger partial charge >= 0.3 is 23.3 Å². The minimum absolute atomic E-state index is 0. The molecular formula is C30H38N10O10. The van der Waals surface area contributed by atoms with E-state index in [1.54, 1.807) is 73.7 Å². The van der Waals surface area contributed by atoms with Gasteiger partial charge in [-0.15, -0.1) is 0 Å². The third-order valence-corrected chi connectivity index (χ3v) is 7.02. The molecule has 268 valence electrons. The van der Waals surface area contributed by atoms with E-state index in [0.29, 0.717) is 33.7 Å². The molecule has 0 saturated carbocycles. The molecule has 0 bridgehead atoms. The molecule has 0 aliphatic rings. The zero-order valence-corrected chi connectivity index (χ0v) is 27.8. The molecule has 20 nitrogen and oxygen atoms in total. The quantitative estimate of drug-likeness (QED) is 0.146. The van der Waals surface area contributed by atoms with Gasteiger partial charge in [0, 0.05) is 53.7 Å². The summed E-state index contributed by atoms with van der Waals surface area (Å²) >= 11 is 0. The highest BCUT2D eigenvalue weighted by Crippen LogP contribution is 2.10. The average molecular weight is 699 g/mol. The summed E-state index contributed by atoms with van der Waals surface area (Å²) in [5.41, 5.74) is 12.0. The summed E-state index contributed by atoms with van der Waals surface area (Å²) in [4.78, 5) is 75.0. The second-order valence-electron chi connectivity index (χ2n) is 10.3. The maximum absolute atomic E-state index is 11.7. The van der Waals surface area contributed by atoms with Crippen molar-refractivity contribution in [2.24, 2.45) is 42.3 Å². The number of carbonyl (C=O) groups is 2. The number of nitrogen functional groups attached to an aromatic ring is 2. The summed E-state index contributed by atoms with van der Waals surface area (Å²) < 4.78 is 8.08. The predicted molar refractivity (Wildman–Crippen MR) is 185 cm³/mol. The van der Waals surface area contributed by atoms with Gasteiger partial charge in [-0.3, -0.25) is 27.9 Å². The molecule has 50 heavy (non-hydrogen) atoms. The molecule has 0 aliphatic carbocycles. The van der Waals surface area contributed by atoms with Gasteiger partial charge < -0.3 is 41.8 Å². The zero-order chi connectivity index (χ0) is 36.0. The Morgan fingerprint density at radius 3 is 1.12 bits per heavy atom. The highest BCUT2D eigenvalue weighted by Gasteiger charge is 2.13. The van der Waals surface area contributed by atoms with Gasteiger partial charge in [0.15, 0.2) is 22.3 Å². The van der Waals surface area contributed by atoms with E-state index >= 15 is 0 Å². The fourth-order valence-corrected chi connectivity index (χ4v) is 4.33. The first-order chi connectivity index (χ1) is 22.5. The topological polar surface area (TPSA) is 313 Å². The minimum Gasteiger partial charge on any atom is -0.478 e. The van der Waals surface area contributed by atoms with Crippen LogP contribution in [0.25, 0.3) is 22.3 Å². The van der Waals surface area contributed by atoms with Crippen LogP contribution < -0.4 is 34.0 Å². The van der Waals surface area contributed by atoms with Gasteiger partial charge in [-0.05, 0) is 24.3 Å². The largest absolute Gasteiger partial charge is 0.478 e. The number of para-hydroxylation sites is 2.